The van der Waals surface area contributed by atoms with Gasteiger partial charge >= 0.3 is 0 Å². The average molecular weight is 382 g/mol. The quantitative estimate of drug-likeness (QED) is 0.207. The number of nitrogens with one attached hydrogen (secondary N) is 2. The van der Waals surface area contributed by atoms with Crippen molar-refractivity contribution in [2.75, 3.05) is 7.05 Å². The van der Waals surface area contributed by atoms with E-state index < -0.39 is 0 Å². The van der Waals surface area contributed by atoms with Crippen LogP contribution < -0.4 is 10.7 Å². The maximum atomic E-state index is 5.73. The van der Waals surface area contributed by atoms with Crippen LogP contribution in [-0.2, 0) is 0 Å². The highest BCUT2D eigenvalue weighted by Crippen LogP contribution is 2.16. The lowest BCUT2D eigenvalue weighted by molar-refractivity contribution is 0.277. The highest BCUT2D eigenvalue weighted by Gasteiger charge is 2.21. The third-order valence-corrected chi connectivity index (χ3v) is 6.10. The fraction of sp³-hybridized carbons (Fsp3) is 0.909. The minimum absolute atomic E-state index is 0.140. The van der Waals surface area contributed by atoms with E-state index in [2.05, 4.69) is 24.6 Å². The molecule has 1 aliphatic carbocycles. The molecule has 0 aromatic carbocycles. The molecule has 1 saturated carbocycles. The third kappa shape index (κ3) is 10.6. The normalized spacial score (nSPS) is 21.7. The van der Waals surface area contributed by atoms with E-state index >= 15 is 0 Å². The van der Waals surface area contributed by atoms with Gasteiger partial charge in [0, 0.05) is 4.86 Å². The topological polar surface area (TPSA) is 36.4 Å². The van der Waals surface area contributed by atoms with Crippen LogP contribution in [0.5, 0.6) is 0 Å². The molecule has 0 radical (unpaired) electrons. The predicted molar refractivity (Wildman–Crippen MR) is 120 cm³/mol. The lowest BCUT2D eigenvalue weighted by Crippen LogP contribution is -2.51. The molecule has 4 heteroatoms. The molecule has 26 heavy (non-hydrogen) atoms. The van der Waals surface area contributed by atoms with E-state index in [1.54, 1.807) is 0 Å². The maximum Gasteiger partial charge on any atom is 0.101 e. The number of rotatable bonds is 9. The monoisotopic (exact) mass is 381 g/mol. The molecular weight excluding hydrogens is 338 g/mol. The van der Waals surface area contributed by atoms with Gasteiger partial charge in [-0.2, -0.15) is 5.10 Å². The number of hydrogen-bond acceptors (Lipinski definition) is 4. The molecule has 0 amide bonds. The first-order valence-corrected chi connectivity index (χ1v) is 11.6. The van der Waals surface area contributed by atoms with Crippen LogP contribution in [0.2, 0.25) is 0 Å². The van der Waals surface area contributed by atoms with Crippen molar-refractivity contribution in [1.82, 2.24) is 10.7 Å². The van der Waals surface area contributed by atoms with Crippen LogP contribution in [-0.4, -0.2) is 23.3 Å². The van der Waals surface area contributed by atoms with E-state index in [1.807, 2.05) is 7.05 Å². The van der Waals surface area contributed by atoms with E-state index in [1.165, 1.54) is 83.5 Å². The first kappa shape index (κ1) is 23.6. The van der Waals surface area contributed by atoms with E-state index in [9.17, 15) is 0 Å². The van der Waals surface area contributed by atoms with Gasteiger partial charge in [0.15, 0.2) is 0 Å². The summed E-state index contributed by atoms with van der Waals surface area (Å²) in [5.74, 6) is 0. The molecule has 2 N–H and O–H groups in total. The molecular formula is C22H43N3S. The second kappa shape index (κ2) is 14.6. The van der Waals surface area contributed by atoms with Crippen molar-refractivity contribution in [1.29, 1.82) is 0 Å². The van der Waals surface area contributed by atoms with Gasteiger partial charge in [-0.05, 0) is 52.5 Å². The van der Waals surface area contributed by atoms with Crippen molar-refractivity contribution in [3.8, 4) is 0 Å². The summed E-state index contributed by atoms with van der Waals surface area (Å²) in [5, 5.41) is 8.24. The fourth-order valence-electron chi connectivity index (χ4n) is 3.55. The van der Waals surface area contributed by atoms with E-state index in [0.29, 0.717) is 0 Å². The second-order valence-electron chi connectivity index (χ2n) is 8.17. The summed E-state index contributed by atoms with van der Waals surface area (Å²) in [6, 6.07) is 0. The van der Waals surface area contributed by atoms with Crippen molar-refractivity contribution in [2.24, 2.45) is 5.10 Å². The summed E-state index contributed by atoms with van der Waals surface area (Å²) in [4.78, 5) is 1.08. The van der Waals surface area contributed by atoms with Gasteiger partial charge in [0.25, 0.3) is 0 Å². The van der Waals surface area contributed by atoms with Crippen molar-refractivity contribution in [3.63, 3.8) is 0 Å². The van der Waals surface area contributed by atoms with Crippen LogP contribution in [0.15, 0.2) is 5.10 Å². The highest BCUT2D eigenvalue weighted by molar-refractivity contribution is 7.82. The summed E-state index contributed by atoms with van der Waals surface area (Å²) >= 11 is 5.73. The van der Waals surface area contributed by atoms with Crippen LogP contribution in [0.4, 0.5) is 0 Å². The third-order valence-electron chi connectivity index (χ3n) is 5.66. The number of nitrogens with zero attached hydrogens (tertiary/aromatic N) is 1. The summed E-state index contributed by atoms with van der Waals surface area (Å²) in [5.41, 5.74) is 4.43. The number of thiocarbonyl (C=S) groups is 1. The molecule has 0 heterocycles. The van der Waals surface area contributed by atoms with Crippen LogP contribution in [0.25, 0.3) is 0 Å². The van der Waals surface area contributed by atoms with Gasteiger partial charge in [0.05, 0.1) is 5.71 Å². The molecule has 0 saturated heterocycles. The minimum atomic E-state index is -0.140. The maximum absolute atomic E-state index is 5.73. The van der Waals surface area contributed by atoms with Gasteiger partial charge in [-0.15, -0.1) is 0 Å². The van der Waals surface area contributed by atoms with E-state index in [-0.39, 0.29) is 5.66 Å². The molecule has 152 valence electrons. The summed E-state index contributed by atoms with van der Waals surface area (Å²) in [7, 11) is 2.03. The molecule has 0 spiro atoms. The molecule has 1 rings (SSSR count). The smallest absolute Gasteiger partial charge is 0.101 e. The predicted octanol–water partition coefficient (Wildman–Crippen LogP) is 6.51. The van der Waals surface area contributed by atoms with E-state index in [4.69, 9.17) is 17.3 Å². The number of hydrogen-bond donors (Lipinski definition) is 2. The Bertz CT molecular complexity index is 408. The van der Waals surface area contributed by atoms with Crippen molar-refractivity contribution < 1.29 is 0 Å². The lowest BCUT2D eigenvalue weighted by Gasteiger charge is -2.29. The van der Waals surface area contributed by atoms with Crippen molar-refractivity contribution in [3.05, 3.63) is 0 Å². The Morgan fingerprint density at radius 3 is 2.08 bits per heavy atom. The molecule has 0 unspecified atom stereocenters. The Morgan fingerprint density at radius 1 is 0.885 bits per heavy atom. The Hall–Kier alpha value is -0.480. The molecule has 0 aliphatic heterocycles. The molecule has 0 aromatic rings. The zero-order valence-corrected chi connectivity index (χ0v) is 18.5. The molecule has 3 nitrogen and oxygen atoms in total. The van der Waals surface area contributed by atoms with Gasteiger partial charge in [0.1, 0.15) is 5.66 Å². The van der Waals surface area contributed by atoms with Crippen LogP contribution in [0, 0.1) is 0 Å². The van der Waals surface area contributed by atoms with Gasteiger partial charge in [-0.3, -0.25) is 10.7 Å². The van der Waals surface area contributed by atoms with Gasteiger partial charge in [0.2, 0.25) is 0 Å². The SMILES string of the molecule is CCCCCCC[C@](C)(NC)NN=C1CCCCCCCCCCC1=S. The van der Waals surface area contributed by atoms with E-state index in [0.717, 1.165) is 29.8 Å². The highest BCUT2D eigenvalue weighted by atomic mass is 32.1. The van der Waals surface area contributed by atoms with Crippen molar-refractivity contribution in [2.45, 2.75) is 122 Å². The Morgan fingerprint density at radius 2 is 1.46 bits per heavy atom. The van der Waals surface area contributed by atoms with Crippen LogP contribution >= 0.6 is 12.2 Å². The summed E-state index contributed by atoms with van der Waals surface area (Å²) < 4.78 is 0. The largest absolute Gasteiger partial charge is 0.297 e. The van der Waals surface area contributed by atoms with Crippen LogP contribution in [0.3, 0.4) is 0 Å². The molecule has 1 aliphatic rings. The van der Waals surface area contributed by atoms with Gasteiger partial charge in [-0.25, -0.2) is 0 Å². The first-order valence-electron chi connectivity index (χ1n) is 11.2. The summed E-state index contributed by atoms with van der Waals surface area (Å²) in [6.45, 7) is 4.48. The first-order chi connectivity index (χ1) is 12.6. The Kier molecular flexibility index (Phi) is 13.2. The number of hydrazone groups is 1. The van der Waals surface area contributed by atoms with Gasteiger partial charge < -0.3 is 0 Å². The molecule has 1 fully saturated rings. The molecule has 0 aromatic heterocycles. The zero-order valence-electron chi connectivity index (χ0n) is 17.7. The van der Waals surface area contributed by atoms with Gasteiger partial charge in [-0.1, -0.05) is 83.3 Å². The standard InChI is InChI=1S/C22H43N3S/c1-4-5-6-13-16-19-22(2,23-3)25-24-20-17-14-11-9-7-8-10-12-15-18-21(20)26/h23,25H,4-19H2,1-3H3/t22-/m1/s1. The fourth-order valence-corrected chi connectivity index (χ4v) is 3.84. The second-order valence-corrected chi connectivity index (χ2v) is 8.66. The van der Waals surface area contributed by atoms with Crippen LogP contribution in [0.1, 0.15) is 117 Å². The summed E-state index contributed by atoms with van der Waals surface area (Å²) in [6.07, 6.45) is 20.3. The zero-order chi connectivity index (χ0) is 19.1. The number of unbranched alkanes of at least 4 members (excludes halogenated alkanes) is 4. The minimum Gasteiger partial charge on any atom is -0.297 e. The molecule has 1 atom stereocenters. The lowest BCUT2D eigenvalue weighted by atomic mass is 10.00. The van der Waals surface area contributed by atoms with Crippen molar-refractivity contribution >= 4 is 22.8 Å². The Balaban J connectivity index is 2.57. The molecule has 0 bridgehead atoms. The Labute approximate surface area is 168 Å². The average Bonchev–Trinajstić information content (AvgIpc) is 2.64.